The van der Waals surface area contributed by atoms with Crippen LogP contribution in [0.3, 0.4) is 0 Å². The lowest BCUT2D eigenvalue weighted by Crippen LogP contribution is -2.48. The maximum atomic E-state index is 12.7. The first kappa shape index (κ1) is 23.3. The maximum absolute atomic E-state index is 12.7. The highest BCUT2D eigenvalue weighted by Gasteiger charge is 2.36. The van der Waals surface area contributed by atoms with Crippen LogP contribution < -0.4 is 14.8 Å². The van der Waals surface area contributed by atoms with E-state index < -0.39 is 15.0 Å². The molecule has 0 heterocycles. The number of carboxylic acid groups (broad SMARTS) is 1. The second-order valence-corrected chi connectivity index (χ2v) is 12.0. The molecule has 1 aliphatic rings. The molecule has 0 saturated carbocycles. The lowest BCUT2D eigenvalue weighted by molar-refractivity contribution is 0.0692. The van der Waals surface area contributed by atoms with Crippen LogP contribution in [0.25, 0.3) is 0 Å². The molecule has 4 heteroatoms. The number of carbonyl (C=O) groups is 1. The lowest BCUT2D eigenvalue weighted by atomic mass is 9.68. The molecule has 0 bridgehead atoms. The molecule has 1 unspecified atom stereocenters. The molecule has 1 N–H and O–H groups in total. The van der Waals surface area contributed by atoms with Crippen LogP contribution in [-0.4, -0.2) is 20.1 Å². The van der Waals surface area contributed by atoms with Crippen molar-refractivity contribution in [3.05, 3.63) is 89.0 Å². The van der Waals surface area contributed by atoms with E-state index in [-0.39, 0.29) is 5.41 Å². The van der Waals surface area contributed by atoms with Gasteiger partial charge in [-0.3, -0.25) is 0 Å². The summed E-state index contributed by atoms with van der Waals surface area (Å²) in [6.07, 6.45) is 3.64. The Morgan fingerprint density at radius 2 is 1.61 bits per heavy atom. The first-order valence-electron chi connectivity index (χ1n) is 11.9. The van der Waals surface area contributed by atoms with Crippen molar-refractivity contribution >= 4 is 25.4 Å². The molecule has 0 aromatic heterocycles. The van der Waals surface area contributed by atoms with E-state index in [1.165, 1.54) is 5.56 Å². The van der Waals surface area contributed by atoms with E-state index in [4.69, 9.17) is 4.43 Å². The van der Waals surface area contributed by atoms with Gasteiger partial charge < -0.3 is 9.53 Å². The summed E-state index contributed by atoms with van der Waals surface area (Å²) < 4.78 is 6.81. The lowest BCUT2D eigenvalue weighted by Gasteiger charge is -2.37. The molecule has 33 heavy (non-hydrogen) atoms. The number of hydrogen-bond donors (Lipinski definition) is 1. The minimum atomic E-state index is -1.67. The third kappa shape index (κ3) is 4.76. The molecule has 1 aliphatic carbocycles. The summed E-state index contributed by atoms with van der Waals surface area (Å²) in [5, 5.41) is 12.6. The van der Waals surface area contributed by atoms with Gasteiger partial charge in [-0.05, 0) is 64.1 Å². The Bertz CT molecular complexity index is 1080. The number of aryl methyl sites for hydroxylation is 1. The molecule has 0 aliphatic heterocycles. The van der Waals surface area contributed by atoms with E-state index in [2.05, 4.69) is 58.0 Å². The molecular weight excluding hydrogens is 424 g/mol. The highest BCUT2D eigenvalue weighted by Crippen LogP contribution is 2.47. The summed E-state index contributed by atoms with van der Waals surface area (Å²) in [6.45, 7) is 8.87. The molecule has 1 atom stereocenters. The quantitative estimate of drug-likeness (QED) is 0.490. The van der Waals surface area contributed by atoms with Crippen LogP contribution in [0.1, 0.15) is 73.5 Å². The van der Waals surface area contributed by atoms with Crippen molar-refractivity contribution in [2.24, 2.45) is 5.41 Å². The zero-order valence-corrected chi connectivity index (χ0v) is 21.0. The Hall–Kier alpha value is -2.85. The standard InChI is InChI=1S/C29H33O3Si/c1-5-20-19-24-23(17-12-18-25(24)29(2,3)4)26(28(30)31)27(20)32-33(21-13-8-6-9-14-21)22-15-10-7-11-16-22/h6-11,13-16,19,25H,5,12,17-18H2,1-4H3,(H,30,31). The minimum Gasteiger partial charge on any atom is -0.532 e. The van der Waals surface area contributed by atoms with E-state index in [1.54, 1.807) is 0 Å². The number of benzene rings is 3. The van der Waals surface area contributed by atoms with Crippen LogP contribution in [-0.2, 0) is 12.8 Å². The fourth-order valence-corrected chi connectivity index (χ4v) is 7.07. The van der Waals surface area contributed by atoms with Crippen molar-refractivity contribution in [3.8, 4) is 5.75 Å². The van der Waals surface area contributed by atoms with Gasteiger partial charge in [0.15, 0.2) is 0 Å². The fourth-order valence-electron chi connectivity index (χ4n) is 5.07. The smallest absolute Gasteiger partial charge is 0.352 e. The predicted molar refractivity (Wildman–Crippen MR) is 136 cm³/mol. The van der Waals surface area contributed by atoms with Crippen molar-refractivity contribution in [3.63, 3.8) is 0 Å². The molecule has 3 nitrogen and oxygen atoms in total. The van der Waals surface area contributed by atoms with Gasteiger partial charge in [0.2, 0.25) is 0 Å². The summed E-state index contributed by atoms with van der Waals surface area (Å²) >= 11 is 0. The van der Waals surface area contributed by atoms with Crippen LogP contribution in [0.4, 0.5) is 0 Å². The average molecular weight is 458 g/mol. The molecule has 1 radical (unpaired) electrons. The summed E-state index contributed by atoms with van der Waals surface area (Å²) in [5.41, 5.74) is 3.65. The van der Waals surface area contributed by atoms with E-state index in [9.17, 15) is 9.90 Å². The first-order valence-corrected chi connectivity index (χ1v) is 13.3. The van der Waals surface area contributed by atoms with Crippen molar-refractivity contribution in [1.82, 2.24) is 0 Å². The van der Waals surface area contributed by atoms with E-state index in [0.717, 1.165) is 47.2 Å². The fraction of sp³-hybridized carbons (Fsp3) is 0.345. The SMILES string of the molecule is CCc1cc2c(c(C(=O)O)c1O[Si](c1ccccc1)c1ccccc1)CCCC2C(C)(C)C. The summed E-state index contributed by atoms with van der Waals surface area (Å²) in [5.74, 6) is 0.0419. The number of hydrogen-bond acceptors (Lipinski definition) is 2. The van der Waals surface area contributed by atoms with E-state index in [1.807, 2.05) is 36.4 Å². The second-order valence-electron chi connectivity index (χ2n) is 9.94. The maximum Gasteiger partial charge on any atom is 0.352 e. The molecule has 3 aromatic carbocycles. The third-order valence-corrected chi connectivity index (χ3v) is 8.83. The van der Waals surface area contributed by atoms with Crippen LogP contribution in [0.2, 0.25) is 0 Å². The van der Waals surface area contributed by atoms with Crippen molar-refractivity contribution in [2.45, 2.75) is 59.3 Å². The van der Waals surface area contributed by atoms with Gasteiger partial charge >= 0.3 is 15.0 Å². The Morgan fingerprint density at radius 3 is 2.09 bits per heavy atom. The van der Waals surface area contributed by atoms with Gasteiger partial charge in [0.1, 0.15) is 11.3 Å². The second kappa shape index (κ2) is 9.56. The Balaban J connectivity index is 1.90. The number of carboxylic acids is 1. The molecule has 3 aromatic rings. The van der Waals surface area contributed by atoms with Gasteiger partial charge in [0.05, 0.1) is 0 Å². The van der Waals surface area contributed by atoms with Gasteiger partial charge in [-0.15, -0.1) is 0 Å². The van der Waals surface area contributed by atoms with E-state index in [0.29, 0.717) is 17.2 Å². The van der Waals surface area contributed by atoms with Gasteiger partial charge in [0, 0.05) is 0 Å². The molecule has 0 spiro atoms. The van der Waals surface area contributed by atoms with Gasteiger partial charge in [0.25, 0.3) is 0 Å². The van der Waals surface area contributed by atoms with Crippen LogP contribution >= 0.6 is 0 Å². The van der Waals surface area contributed by atoms with Gasteiger partial charge in [-0.25, -0.2) is 4.79 Å². The summed E-state index contributed by atoms with van der Waals surface area (Å²) in [4.78, 5) is 12.7. The normalized spacial score (nSPS) is 15.8. The average Bonchev–Trinajstić information content (AvgIpc) is 2.81. The highest BCUT2D eigenvalue weighted by atomic mass is 28.3. The van der Waals surface area contributed by atoms with Crippen LogP contribution in [0.15, 0.2) is 66.7 Å². The number of rotatable bonds is 6. The molecule has 0 amide bonds. The third-order valence-electron chi connectivity index (χ3n) is 6.71. The van der Waals surface area contributed by atoms with Gasteiger partial charge in [-0.2, -0.15) is 0 Å². The van der Waals surface area contributed by atoms with Crippen molar-refractivity contribution in [2.75, 3.05) is 0 Å². The Morgan fingerprint density at radius 1 is 1.03 bits per heavy atom. The Labute approximate surface area is 199 Å². The van der Waals surface area contributed by atoms with Crippen LogP contribution in [0, 0.1) is 5.41 Å². The Kier molecular flexibility index (Phi) is 6.75. The monoisotopic (exact) mass is 457 g/mol. The van der Waals surface area contributed by atoms with Crippen LogP contribution in [0.5, 0.6) is 5.75 Å². The molecular formula is C29H33O3Si. The van der Waals surface area contributed by atoms with Gasteiger partial charge in [-0.1, -0.05) is 94.4 Å². The molecule has 4 rings (SSSR count). The topological polar surface area (TPSA) is 46.5 Å². The highest BCUT2D eigenvalue weighted by molar-refractivity contribution is 6.80. The zero-order chi connectivity index (χ0) is 23.6. The largest absolute Gasteiger partial charge is 0.532 e. The summed E-state index contributed by atoms with van der Waals surface area (Å²) in [7, 11) is -1.67. The molecule has 0 fully saturated rings. The first-order chi connectivity index (χ1) is 15.8. The van der Waals surface area contributed by atoms with E-state index >= 15 is 0 Å². The number of fused-ring (bicyclic) bond motifs is 1. The minimum absolute atomic E-state index is 0.0847. The molecule has 171 valence electrons. The van der Waals surface area contributed by atoms with Crippen molar-refractivity contribution in [1.29, 1.82) is 0 Å². The zero-order valence-electron chi connectivity index (χ0n) is 20.0. The molecule has 0 saturated heterocycles. The van der Waals surface area contributed by atoms with Crippen molar-refractivity contribution < 1.29 is 14.3 Å². The predicted octanol–water partition coefficient (Wildman–Crippen LogP) is 5.60. The summed E-state index contributed by atoms with van der Waals surface area (Å²) in [6, 6.07) is 22.7. The number of aromatic carboxylic acids is 1.